The molecule has 1 aliphatic carbocycles. The van der Waals surface area contributed by atoms with E-state index in [-0.39, 0.29) is 23.4 Å². The Morgan fingerprint density at radius 3 is 2.63 bits per heavy atom. The molecule has 0 aromatic heterocycles. The highest BCUT2D eigenvalue weighted by Gasteiger charge is 2.30. The molecule has 2 atom stereocenters. The van der Waals surface area contributed by atoms with Gasteiger partial charge in [-0.25, -0.2) is 4.39 Å². The molecule has 0 radical (unpaired) electrons. The van der Waals surface area contributed by atoms with Gasteiger partial charge in [0.1, 0.15) is 5.82 Å². The minimum Gasteiger partial charge on any atom is -0.392 e. The Kier molecular flexibility index (Phi) is 5.20. The van der Waals surface area contributed by atoms with Crippen LogP contribution in [0.1, 0.15) is 43.6 Å². The second-order valence-electron chi connectivity index (χ2n) is 5.37. The van der Waals surface area contributed by atoms with Crippen molar-refractivity contribution in [2.45, 2.75) is 44.1 Å². The average Bonchev–Trinajstić information content (AvgIpc) is 2.45. The van der Waals surface area contributed by atoms with Gasteiger partial charge in [-0.1, -0.05) is 43.0 Å². The maximum Gasteiger partial charge on any atom is 0.145 e. The normalized spacial score (nSPS) is 20.2. The van der Waals surface area contributed by atoms with Crippen molar-refractivity contribution in [2.24, 2.45) is 11.7 Å². The van der Waals surface area contributed by atoms with Crippen LogP contribution < -0.4 is 5.73 Å². The number of aliphatic hydroxyl groups excluding tert-OH is 1. The van der Waals surface area contributed by atoms with Crippen LogP contribution in [-0.2, 0) is 0 Å². The molecule has 2 rings (SSSR count). The van der Waals surface area contributed by atoms with Gasteiger partial charge in [-0.2, -0.15) is 0 Å². The first kappa shape index (κ1) is 14.8. The molecule has 4 heteroatoms. The zero-order chi connectivity index (χ0) is 13.8. The van der Waals surface area contributed by atoms with E-state index in [0.29, 0.717) is 5.56 Å². The number of aliphatic hydroxyl groups is 1. The van der Waals surface area contributed by atoms with Gasteiger partial charge in [0.2, 0.25) is 0 Å². The van der Waals surface area contributed by atoms with E-state index in [4.69, 9.17) is 17.3 Å². The zero-order valence-electron chi connectivity index (χ0n) is 11.0. The maximum absolute atomic E-state index is 14.1. The summed E-state index contributed by atoms with van der Waals surface area (Å²) >= 11 is 5.81. The third-order valence-corrected chi connectivity index (χ3v) is 4.47. The van der Waals surface area contributed by atoms with Crippen LogP contribution >= 0.6 is 11.6 Å². The number of hydrogen-bond acceptors (Lipinski definition) is 2. The molecule has 2 unspecified atom stereocenters. The van der Waals surface area contributed by atoms with Crippen molar-refractivity contribution in [3.05, 3.63) is 34.6 Å². The molecule has 106 valence electrons. The molecule has 1 aromatic rings. The van der Waals surface area contributed by atoms with Crippen LogP contribution in [-0.4, -0.2) is 17.8 Å². The van der Waals surface area contributed by atoms with E-state index in [1.807, 2.05) is 0 Å². The highest BCUT2D eigenvalue weighted by molar-refractivity contribution is 6.30. The van der Waals surface area contributed by atoms with Crippen LogP contribution in [0.5, 0.6) is 0 Å². The lowest BCUT2D eigenvalue weighted by Crippen LogP contribution is -2.34. The Labute approximate surface area is 118 Å². The third-order valence-electron chi connectivity index (χ3n) is 4.18. The standard InChI is InChI=1S/C15H21ClFNO/c16-13-8-4-7-11(14(13)17)12(9-18)15(19)10-5-2-1-3-6-10/h4,7-8,10,12,15,19H,1-3,5-6,9,18H2. The Morgan fingerprint density at radius 2 is 2.00 bits per heavy atom. The summed E-state index contributed by atoms with van der Waals surface area (Å²) in [5.41, 5.74) is 6.20. The van der Waals surface area contributed by atoms with Gasteiger partial charge in [-0.3, -0.25) is 0 Å². The second kappa shape index (κ2) is 6.69. The number of halogens is 2. The monoisotopic (exact) mass is 285 g/mol. The number of benzene rings is 1. The Morgan fingerprint density at radius 1 is 1.32 bits per heavy atom. The summed E-state index contributed by atoms with van der Waals surface area (Å²) in [5, 5.41) is 10.6. The van der Waals surface area contributed by atoms with Crippen molar-refractivity contribution >= 4 is 11.6 Å². The first-order valence-corrected chi connectivity index (χ1v) is 7.35. The molecule has 0 aliphatic heterocycles. The van der Waals surface area contributed by atoms with Gasteiger partial charge in [0, 0.05) is 12.5 Å². The molecule has 0 saturated heterocycles. The zero-order valence-corrected chi connectivity index (χ0v) is 11.7. The summed E-state index contributed by atoms with van der Waals surface area (Å²) in [6, 6.07) is 4.89. The van der Waals surface area contributed by atoms with Gasteiger partial charge in [0.05, 0.1) is 11.1 Å². The summed E-state index contributed by atoms with van der Waals surface area (Å²) < 4.78 is 14.1. The highest BCUT2D eigenvalue weighted by Crippen LogP contribution is 2.35. The van der Waals surface area contributed by atoms with Crippen LogP contribution in [0.4, 0.5) is 4.39 Å². The summed E-state index contributed by atoms with van der Waals surface area (Å²) in [5.74, 6) is -0.600. The summed E-state index contributed by atoms with van der Waals surface area (Å²) in [6.07, 6.45) is 4.91. The lowest BCUT2D eigenvalue weighted by molar-refractivity contribution is 0.0614. The fraction of sp³-hybridized carbons (Fsp3) is 0.600. The molecule has 0 spiro atoms. The highest BCUT2D eigenvalue weighted by atomic mass is 35.5. The third kappa shape index (κ3) is 3.28. The molecule has 1 aromatic carbocycles. The number of rotatable bonds is 4. The number of hydrogen-bond donors (Lipinski definition) is 2. The van der Waals surface area contributed by atoms with Crippen molar-refractivity contribution in [2.75, 3.05) is 6.54 Å². The molecule has 19 heavy (non-hydrogen) atoms. The van der Waals surface area contributed by atoms with Gasteiger partial charge < -0.3 is 10.8 Å². The smallest absolute Gasteiger partial charge is 0.145 e. The SMILES string of the molecule is NCC(c1cccc(Cl)c1F)C(O)C1CCCCC1. The average molecular weight is 286 g/mol. The fourth-order valence-corrected chi connectivity index (χ4v) is 3.24. The van der Waals surface area contributed by atoms with Crippen molar-refractivity contribution < 1.29 is 9.50 Å². The van der Waals surface area contributed by atoms with Crippen LogP contribution in [0.2, 0.25) is 5.02 Å². The molecule has 1 fully saturated rings. The Balaban J connectivity index is 2.20. The minimum atomic E-state index is -0.585. The minimum absolute atomic E-state index is 0.0896. The number of nitrogens with two attached hydrogens (primary N) is 1. The van der Waals surface area contributed by atoms with E-state index in [0.717, 1.165) is 25.7 Å². The lowest BCUT2D eigenvalue weighted by atomic mass is 9.78. The van der Waals surface area contributed by atoms with Crippen LogP contribution in [0.15, 0.2) is 18.2 Å². The molecule has 2 nitrogen and oxygen atoms in total. The molecular weight excluding hydrogens is 265 g/mol. The maximum atomic E-state index is 14.1. The molecule has 0 amide bonds. The van der Waals surface area contributed by atoms with Gasteiger partial charge in [0.25, 0.3) is 0 Å². The first-order chi connectivity index (χ1) is 9.15. The largest absolute Gasteiger partial charge is 0.392 e. The van der Waals surface area contributed by atoms with E-state index in [9.17, 15) is 9.50 Å². The predicted octanol–water partition coefficient (Wildman–Crippen LogP) is 3.46. The molecule has 0 heterocycles. The van der Waals surface area contributed by atoms with Gasteiger partial charge in [0.15, 0.2) is 0 Å². The first-order valence-electron chi connectivity index (χ1n) is 6.97. The van der Waals surface area contributed by atoms with E-state index in [1.54, 1.807) is 12.1 Å². The van der Waals surface area contributed by atoms with E-state index < -0.39 is 11.9 Å². The topological polar surface area (TPSA) is 46.2 Å². The molecular formula is C15H21ClFNO. The lowest BCUT2D eigenvalue weighted by Gasteiger charge is -2.32. The van der Waals surface area contributed by atoms with Crippen LogP contribution in [0, 0.1) is 11.7 Å². The molecule has 3 N–H and O–H groups in total. The quantitative estimate of drug-likeness (QED) is 0.890. The molecule has 1 aliphatic rings. The van der Waals surface area contributed by atoms with Gasteiger partial charge >= 0.3 is 0 Å². The summed E-state index contributed by atoms with van der Waals surface area (Å²) in [6.45, 7) is 0.231. The summed E-state index contributed by atoms with van der Waals surface area (Å²) in [7, 11) is 0. The second-order valence-corrected chi connectivity index (χ2v) is 5.78. The Hall–Kier alpha value is -0.640. The van der Waals surface area contributed by atoms with Crippen molar-refractivity contribution in [3.8, 4) is 0 Å². The van der Waals surface area contributed by atoms with Gasteiger partial charge in [-0.05, 0) is 30.4 Å². The van der Waals surface area contributed by atoms with E-state index in [2.05, 4.69) is 0 Å². The van der Waals surface area contributed by atoms with Crippen molar-refractivity contribution in [1.82, 2.24) is 0 Å². The van der Waals surface area contributed by atoms with Crippen LogP contribution in [0.3, 0.4) is 0 Å². The predicted molar refractivity (Wildman–Crippen MR) is 75.8 cm³/mol. The van der Waals surface area contributed by atoms with Crippen molar-refractivity contribution in [3.63, 3.8) is 0 Å². The molecule has 0 bridgehead atoms. The van der Waals surface area contributed by atoms with Gasteiger partial charge in [-0.15, -0.1) is 0 Å². The molecule has 1 saturated carbocycles. The van der Waals surface area contributed by atoms with E-state index in [1.165, 1.54) is 12.5 Å². The van der Waals surface area contributed by atoms with E-state index >= 15 is 0 Å². The Bertz CT molecular complexity index is 421. The summed E-state index contributed by atoms with van der Waals surface area (Å²) in [4.78, 5) is 0. The fourth-order valence-electron chi connectivity index (χ4n) is 3.06. The van der Waals surface area contributed by atoms with Crippen molar-refractivity contribution in [1.29, 1.82) is 0 Å². The van der Waals surface area contributed by atoms with Crippen LogP contribution in [0.25, 0.3) is 0 Å².